The van der Waals surface area contributed by atoms with E-state index < -0.39 is 0 Å². The van der Waals surface area contributed by atoms with Crippen LogP contribution in [0, 0.1) is 0 Å². The van der Waals surface area contributed by atoms with E-state index in [0.717, 1.165) is 10.4 Å². The molecule has 0 spiro atoms. The number of hydrogen-bond donors (Lipinski definition) is 1. The molecule has 5 heteroatoms. The van der Waals surface area contributed by atoms with Gasteiger partial charge in [0, 0.05) is 24.0 Å². The van der Waals surface area contributed by atoms with Crippen LogP contribution in [0.15, 0.2) is 24.5 Å². The molecule has 0 aliphatic heterocycles. The van der Waals surface area contributed by atoms with Crippen molar-refractivity contribution in [2.24, 2.45) is 0 Å². The molecule has 2 N–H and O–H groups in total. The van der Waals surface area contributed by atoms with E-state index in [0.29, 0.717) is 11.0 Å². The molecule has 0 unspecified atom stereocenters. The average molecular weight is 207 g/mol. The lowest BCUT2D eigenvalue weighted by Gasteiger charge is -1.98. The van der Waals surface area contributed by atoms with Crippen LogP contribution in [0.1, 0.15) is 0 Å². The molecule has 0 aromatic carbocycles. The first-order chi connectivity index (χ1) is 6.79. The van der Waals surface area contributed by atoms with E-state index in [9.17, 15) is 0 Å². The highest BCUT2D eigenvalue weighted by atomic mass is 32.1. The summed E-state index contributed by atoms with van der Waals surface area (Å²) < 4.78 is 4.96. The van der Waals surface area contributed by atoms with Gasteiger partial charge in [-0.15, -0.1) is 0 Å². The molecule has 2 aromatic heterocycles. The summed E-state index contributed by atoms with van der Waals surface area (Å²) in [6.07, 6.45) is 3.48. The third kappa shape index (κ3) is 1.67. The number of methoxy groups -OCH3 is 1. The fourth-order valence-electron chi connectivity index (χ4n) is 1.07. The molecule has 0 amide bonds. The predicted molar refractivity (Wildman–Crippen MR) is 56.3 cm³/mol. The van der Waals surface area contributed by atoms with E-state index in [2.05, 4.69) is 9.97 Å². The molecule has 2 rings (SSSR count). The third-order valence-corrected chi connectivity index (χ3v) is 2.63. The standard InChI is InChI=1S/C9H9N3OS/c1-13-8-3-2-6(4-11-8)7-5-12-9(10)14-7/h2-5H,1H3,(H2,10,12). The van der Waals surface area contributed by atoms with Crippen molar-refractivity contribution in [2.45, 2.75) is 0 Å². The van der Waals surface area contributed by atoms with Crippen LogP contribution in [0.25, 0.3) is 10.4 Å². The van der Waals surface area contributed by atoms with Gasteiger partial charge in [0.1, 0.15) is 0 Å². The summed E-state index contributed by atoms with van der Waals surface area (Å²) in [6, 6.07) is 3.74. The zero-order valence-electron chi connectivity index (χ0n) is 7.60. The SMILES string of the molecule is COc1ccc(-c2cnc(N)s2)cn1. The van der Waals surface area contributed by atoms with Crippen molar-refractivity contribution in [3.63, 3.8) is 0 Å². The number of nitrogens with zero attached hydrogens (tertiary/aromatic N) is 2. The summed E-state index contributed by atoms with van der Waals surface area (Å²) in [5, 5.41) is 0.566. The smallest absolute Gasteiger partial charge is 0.212 e. The lowest BCUT2D eigenvalue weighted by molar-refractivity contribution is 0.398. The molecule has 4 nitrogen and oxygen atoms in total. The molecule has 2 aromatic rings. The Balaban J connectivity index is 2.33. The second kappa shape index (κ2) is 3.63. The van der Waals surface area contributed by atoms with Crippen LogP contribution < -0.4 is 10.5 Å². The second-order valence-electron chi connectivity index (χ2n) is 2.65. The summed E-state index contributed by atoms with van der Waals surface area (Å²) in [7, 11) is 1.59. The van der Waals surface area contributed by atoms with Crippen LogP contribution in [0.2, 0.25) is 0 Å². The summed E-state index contributed by atoms with van der Waals surface area (Å²) in [4.78, 5) is 9.08. The topological polar surface area (TPSA) is 61.0 Å². The molecule has 0 atom stereocenters. The van der Waals surface area contributed by atoms with Gasteiger partial charge in [0.2, 0.25) is 5.88 Å². The van der Waals surface area contributed by atoms with Crippen LogP contribution in [0.4, 0.5) is 5.13 Å². The zero-order valence-corrected chi connectivity index (χ0v) is 8.41. The van der Waals surface area contributed by atoms with Crippen molar-refractivity contribution in [3.8, 4) is 16.3 Å². The Kier molecular flexibility index (Phi) is 2.32. The van der Waals surface area contributed by atoms with Gasteiger partial charge in [-0.05, 0) is 6.07 Å². The number of nitrogen functional groups attached to an aromatic ring is 1. The van der Waals surface area contributed by atoms with Gasteiger partial charge in [-0.1, -0.05) is 11.3 Å². The number of nitrogens with two attached hydrogens (primary N) is 1. The predicted octanol–water partition coefficient (Wildman–Crippen LogP) is 1.80. The average Bonchev–Trinajstić information content (AvgIpc) is 2.65. The fourth-order valence-corrected chi connectivity index (χ4v) is 1.74. The van der Waals surface area contributed by atoms with Crippen LogP contribution in [-0.2, 0) is 0 Å². The number of aromatic nitrogens is 2. The van der Waals surface area contributed by atoms with Gasteiger partial charge in [0.25, 0.3) is 0 Å². The zero-order chi connectivity index (χ0) is 9.97. The molecule has 0 saturated heterocycles. The number of anilines is 1. The van der Waals surface area contributed by atoms with Gasteiger partial charge in [0.05, 0.1) is 12.0 Å². The van der Waals surface area contributed by atoms with Crippen LogP contribution >= 0.6 is 11.3 Å². The van der Waals surface area contributed by atoms with E-state index >= 15 is 0 Å². The van der Waals surface area contributed by atoms with Gasteiger partial charge in [-0.2, -0.15) is 0 Å². The molecule has 0 radical (unpaired) electrons. The first kappa shape index (κ1) is 8.96. The first-order valence-electron chi connectivity index (χ1n) is 4.01. The Bertz CT molecular complexity index is 424. The maximum atomic E-state index is 5.53. The summed E-state index contributed by atoms with van der Waals surface area (Å²) in [6.45, 7) is 0. The molecule has 0 saturated carbocycles. The summed E-state index contributed by atoms with van der Waals surface area (Å²) in [5.74, 6) is 0.603. The number of thiazole rings is 1. The highest BCUT2D eigenvalue weighted by Gasteiger charge is 2.02. The molecule has 0 aliphatic rings. The Morgan fingerprint density at radius 2 is 2.14 bits per heavy atom. The van der Waals surface area contributed by atoms with Crippen molar-refractivity contribution in [1.29, 1.82) is 0 Å². The fraction of sp³-hybridized carbons (Fsp3) is 0.111. The number of rotatable bonds is 2. The number of hydrogen-bond acceptors (Lipinski definition) is 5. The molecular formula is C9H9N3OS. The molecule has 2 heterocycles. The Morgan fingerprint density at radius 1 is 1.29 bits per heavy atom. The molecule has 0 fully saturated rings. The van der Waals surface area contributed by atoms with E-state index in [-0.39, 0.29) is 0 Å². The molecule has 0 aliphatic carbocycles. The van der Waals surface area contributed by atoms with Crippen molar-refractivity contribution in [3.05, 3.63) is 24.5 Å². The first-order valence-corrected chi connectivity index (χ1v) is 4.83. The van der Waals surface area contributed by atoms with E-state index in [1.165, 1.54) is 11.3 Å². The van der Waals surface area contributed by atoms with Gasteiger partial charge in [0.15, 0.2) is 5.13 Å². The lowest BCUT2D eigenvalue weighted by Crippen LogP contribution is -1.85. The van der Waals surface area contributed by atoms with Gasteiger partial charge in [-0.3, -0.25) is 0 Å². The molecule has 14 heavy (non-hydrogen) atoms. The van der Waals surface area contributed by atoms with Crippen molar-refractivity contribution in [1.82, 2.24) is 9.97 Å². The monoisotopic (exact) mass is 207 g/mol. The lowest BCUT2D eigenvalue weighted by atomic mass is 10.2. The molecule has 72 valence electrons. The highest BCUT2D eigenvalue weighted by Crippen LogP contribution is 2.27. The van der Waals surface area contributed by atoms with Crippen molar-refractivity contribution >= 4 is 16.5 Å². The highest BCUT2D eigenvalue weighted by molar-refractivity contribution is 7.18. The Morgan fingerprint density at radius 3 is 2.64 bits per heavy atom. The maximum absolute atomic E-state index is 5.53. The Labute approximate surface area is 85.4 Å². The van der Waals surface area contributed by atoms with E-state index in [1.807, 2.05) is 12.1 Å². The van der Waals surface area contributed by atoms with Crippen molar-refractivity contribution < 1.29 is 4.74 Å². The van der Waals surface area contributed by atoms with Gasteiger partial charge < -0.3 is 10.5 Å². The van der Waals surface area contributed by atoms with Gasteiger partial charge in [-0.25, -0.2) is 9.97 Å². The van der Waals surface area contributed by atoms with E-state index in [4.69, 9.17) is 10.5 Å². The normalized spacial score (nSPS) is 10.1. The van der Waals surface area contributed by atoms with Gasteiger partial charge >= 0.3 is 0 Å². The summed E-state index contributed by atoms with van der Waals surface area (Å²) >= 11 is 1.44. The minimum absolute atomic E-state index is 0.566. The Hall–Kier alpha value is -1.62. The van der Waals surface area contributed by atoms with E-state index in [1.54, 1.807) is 19.5 Å². The third-order valence-electron chi connectivity index (χ3n) is 1.75. The quantitative estimate of drug-likeness (QED) is 0.815. The minimum atomic E-state index is 0.566. The van der Waals surface area contributed by atoms with Crippen LogP contribution in [0.3, 0.4) is 0 Å². The summed E-state index contributed by atoms with van der Waals surface area (Å²) in [5.41, 5.74) is 6.53. The van der Waals surface area contributed by atoms with Crippen LogP contribution in [-0.4, -0.2) is 17.1 Å². The van der Waals surface area contributed by atoms with Crippen molar-refractivity contribution in [2.75, 3.05) is 12.8 Å². The maximum Gasteiger partial charge on any atom is 0.212 e. The molecule has 0 bridgehead atoms. The minimum Gasteiger partial charge on any atom is -0.481 e. The number of pyridine rings is 1. The largest absolute Gasteiger partial charge is 0.481 e. The second-order valence-corrected chi connectivity index (χ2v) is 3.71. The molecular weight excluding hydrogens is 198 g/mol. The number of ether oxygens (including phenoxy) is 1. The van der Waals surface area contributed by atoms with Crippen LogP contribution in [0.5, 0.6) is 5.88 Å².